The summed E-state index contributed by atoms with van der Waals surface area (Å²) in [6.45, 7) is 6.34. The molecule has 2 aromatic heterocycles. The van der Waals surface area contributed by atoms with E-state index >= 15 is 0 Å². The van der Waals surface area contributed by atoms with Crippen molar-refractivity contribution < 1.29 is 0 Å². The number of thiophene rings is 1. The number of rotatable bonds is 2. The molecule has 1 aromatic carbocycles. The monoisotopic (exact) mass is 302 g/mol. The molecule has 0 saturated heterocycles. The predicted molar refractivity (Wildman–Crippen MR) is 86.7 cm³/mol. The van der Waals surface area contributed by atoms with Crippen molar-refractivity contribution in [3.8, 4) is 10.7 Å². The van der Waals surface area contributed by atoms with Crippen LogP contribution >= 0.6 is 22.9 Å². The average molecular weight is 303 g/mol. The lowest BCUT2D eigenvalue weighted by molar-refractivity contribution is 1.14. The zero-order valence-electron chi connectivity index (χ0n) is 11.7. The molecule has 0 amide bonds. The fourth-order valence-corrected chi connectivity index (χ4v) is 3.35. The van der Waals surface area contributed by atoms with Crippen LogP contribution < -0.4 is 0 Å². The minimum Gasteiger partial charge on any atom is -0.227 e. The van der Waals surface area contributed by atoms with Crippen LogP contribution in [0.25, 0.3) is 21.6 Å². The molecule has 0 fully saturated rings. The van der Waals surface area contributed by atoms with Gasteiger partial charge in [-0.15, -0.1) is 11.3 Å². The Bertz CT molecular complexity index is 773. The van der Waals surface area contributed by atoms with Gasteiger partial charge in [0.2, 0.25) is 0 Å². The molecule has 0 atom stereocenters. The van der Waals surface area contributed by atoms with E-state index < -0.39 is 0 Å². The molecular weight excluding hydrogens is 288 g/mol. The van der Waals surface area contributed by atoms with Crippen molar-refractivity contribution in [3.63, 3.8) is 0 Å². The first kappa shape index (κ1) is 13.5. The third kappa shape index (κ3) is 2.32. The van der Waals surface area contributed by atoms with E-state index in [-0.39, 0.29) is 0 Å². The SMILES string of the molecule is CCc1ccc2nc(-c3cc(C)c(C)s3)nc(Cl)c2c1. The normalized spacial score (nSPS) is 11.2. The summed E-state index contributed by atoms with van der Waals surface area (Å²) >= 11 is 8.05. The lowest BCUT2D eigenvalue weighted by Crippen LogP contribution is -1.91. The van der Waals surface area contributed by atoms with Crippen molar-refractivity contribution in [3.05, 3.63) is 45.4 Å². The van der Waals surface area contributed by atoms with Crippen molar-refractivity contribution >= 4 is 33.8 Å². The maximum Gasteiger partial charge on any atom is 0.171 e. The molecule has 0 aliphatic carbocycles. The highest BCUT2D eigenvalue weighted by atomic mass is 35.5. The van der Waals surface area contributed by atoms with Crippen LogP contribution in [0, 0.1) is 13.8 Å². The highest BCUT2D eigenvalue weighted by Gasteiger charge is 2.11. The van der Waals surface area contributed by atoms with E-state index in [1.54, 1.807) is 11.3 Å². The second-order valence-corrected chi connectivity index (χ2v) is 6.51. The van der Waals surface area contributed by atoms with Crippen LogP contribution in [0.5, 0.6) is 0 Å². The molecule has 0 aliphatic rings. The predicted octanol–water partition coefficient (Wildman–Crippen LogP) is 5.19. The van der Waals surface area contributed by atoms with Gasteiger partial charge in [-0.1, -0.05) is 24.6 Å². The van der Waals surface area contributed by atoms with Gasteiger partial charge in [-0.2, -0.15) is 0 Å². The molecule has 0 saturated carbocycles. The quantitative estimate of drug-likeness (QED) is 0.609. The molecule has 0 N–H and O–H groups in total. The summed E-state index contributed by atoms with van der Waals surface area (Å²) in [5.41, 5.74) is 3.42. The first-order chi connectivity index (χ1) is 9.58. The summed E-state index contributed by atoms with van der Waals surface area (Å²) in [5, 5.41) is 1.46. The Kier molecular flexibility index (Phi) is 3.48. The van der Waals surface area contributed by atoms with E-state index in [4.69, 9.17) is 11.6 Å². The van der Waals surface area contributed by atoms with E-state index in [1.807, 2.05) is 6.07 Å². The smallest absolute Gasteiger partial charge is 0.171 e. The molecule has 4 heteroatoms. The number of benzene rings is 1. The first-order valence-electron chi connectivity index (χ1n) is 6.62. The highest BCUT2D eigenvalue weighted by molar-refractivity contribution is 7.15. The summed E-state index contributed by atoms with van der Waals surface area (Å²) in [6, 6.07) is 8.32. The van der Waals surface area contributed by atoms with Crippen molar-refractivity contribution in [2.75, 3.05) is 0 Å². The number of halogens is 1. The van der Waals surface area contributed by atoms with Gasteiger partial charge in [0.05, 0.1) is 10.4 Å². The third-order valence-corrected chi connectivity index (χ3v) is 4.94. The summed E-state index contributed by atoms with van der Waals surface area (Å²) in [6.07, 6.45) is 0.983. The van der Waals surface area contributed by atoms with E-state index in [0.29, 0.717) is 11.0 Å². The number of fused-ring (bicyclic) bond motifs is 1. The Balaban J connectivity index is 2.19. The van der Waals surface area contributed by atoms with Gasteiger partial charge in [0.15, 0.2) is 5.82 Å². The minimum absolute atomic E-state index is 0.531. The maximum atomic E-state index is 6.34. The topological polar surface area (TPSA) is 25.8 Å². The summed E-state index contributed by atoms with van der Waals surface area (Å²) in [5.74, 6) is 0.716. The fourth-order valence-electron chi connectivity index (χ4n) is 2.15. The molecule has 0 aliphatic heterocycles. The lowest BCUT2D eigenvalue weighted by Gasteiger charge is -2.04. The molecule has 3 aromatic rings. The van der Waals surface area contributed by atoms with Gasteiger partial charge in [-0.25, -0.2) is 9.97 Å². The second-order valence-electron chi connectivity index (χ2n) is 4.89. The van der Waals surface area contributed by atoms with Gasteiger partial charge in [-0.3, -0.25) is 0 Å². The Morgan fingerprint density at radius 2 is 1.95 bits per heavy atom. The Morgan fingerprint density at radius 3 is 2.60 bits per heavy atom. The van der Waals surface area contributed by atoms with Gasteiger partial charge >= 0.3 is 0 Å². The number of aromatic nitrogens is 2. The molecule has 3 rings (SSSR count). The van der Waals surface area contributed by atoms with Crippen LogP contribution in [0.15, 0.2) is 24.3 Å². The van der Waals surface area contributed by atoms with Gasteiger partial charge < -0.3 is 0 Å². The molecule has 0 spiro atoms. The summed E-state index contributed by atoms with van der Waals surface area (Å²) in [7, 11) is 0. The number of aryl methyl sites for hydroxylation is 3. The molecule has 0 bridgehead atoms. The molecule has 0 unspecified atom stereocenters. The summed E-state index contributed by atoms with van der Waals surface area (Å²) < 4.78 is 0. The average Bonchev–Trinajstić information content (AvgIpc) is 2.78. The van der Waals surface area contributed by atoms with Gasteiger partial charge in [-0.05, 0) is 49.6 Å². The van der Waals surface area contributed by atoms with Crippen LogP contribution in [0.1, 0.15) is 22.9 Å². The zero-order valence-corrected chi connectivity index (χ0v) is 13.3. The number of hydrogen-bond donors (Lipinski definition) is 0. The number of nitrogens with zero attached hydrogens (tertiary/aromatic N) is 2. The van der Waals surface area contributed by atoms with Crippen molar-refractivity contribution in [2.24, 2.45) is 0 Å². The van der Waals surface area contributed by atoms with Gasteiger partial charge in [0.25, 0.3) is 0 Å². The molecule has 102 valence electrons. The lowest BCUT2D eigenvalue weighted by atomic mass is 10.1. The van der Waals surface area contributed by atoms with E-state index in [1.165, 1.54) is 16.0 Å². The largest absolute Gasteiger partial charge is 0.227 e. The molecule has 20 heavy (non-hydrogen) atoms. The molecule has 2 heterocycles. The highest BCUT2D eigenvalue weighted by Crippen LogP contribution is 2.31. The number of hydrogen-bond acceptors (Lipinski definition) is 3. The van der Waals surface area contributed by atoms with Gasteiger partial charge in [0, 0.05) is 10.3 Å². The van der Waals surface area contributed by atoms with E-state index in [0.717, 1.165) is 22.2 Å². The Labute approximate surface area is 127 Å². The Morgan fingerprint density at radius 1 is 1.15 bits per heavy atom. The van der Waals surface area contributed by atoms with Crippen LogP contribution in [-0.2, 0) is 6.42 Å². The first-order valence-corrected chi connectivity index (χ1v) is 7.81. The standard InChI is InChI=1S/C16H15ClN2S/c1-4-11-5-6-13-12(8-11)15(17)19-16(18-13)14-7-9(2)10(3)20-14/h5-8H,4H2,1-3H3. The van der Waals surface area contributed by atoms with Crippen LogP contribution in [0.4, 0.5) is 0 Å². The maximum absolute atomic E-state index is 6.34. The Hall–Kier alpha value is -1.45. The minimum atomic E-state index is 0.531. The van der Waals surface area contributed by atoms with Crippen molar-refractivity contribution in [1.29, 1.82) is 0 Å². The second kappa shape index (κ2) is 5.15. The van der Waals surface area contributed by atoms with E-state index in [9.17, 15) is 0 Å². The third-order valence-electron chi connectivity index (χ3n) is 3.51. The summed E-state index contributed by atoms with van der Waals surface area (Å²) in [4.78, 5) is 11.5. The van der Waals surface area contributed by atoms with Gasteiger partial charge in [0.1, 0.15) is 5.15 Å². The van der Waals surface area contributed by atoms with Crippen LogP contribution in [0.3, 0.4) is 0 Å². The molecule has 0 radical (unpaired) electrons. The zero-order chi connectivity index (χ0) is 14.3. The van der Waals surface area contributed by atoms with Crippen molar-refractivity contribution in [2.45, 2.75) is 27.2 Å². The van der Waals surface area contributed by atoms with Crippen LogP contribution in [0.2, 0.25) is 5.15 Å². The van der Waals surface area contributed by atoms with E-state index in [2.05, 4.69) is 48.9 Å². The molecule has 2 nitrogen and oxygen atoms in total. The fraction of sp³-hybridized carbons (Fsp3) is 0.250. The van der Waals surface area contributed by atoms with Crippen LogP contribution in [-0.4, -0.2) is 9.97 Å². The molecular formula is C16H15ClN2S. The van der Waals surface area contributed by atoms with Crippen molar-refractivity contribution in [1.82, 2.24) is 9.97 Å².